The summed E-state index contributed by atoms with van der Waals surface area (Å²) < 4.78 is 23.9. The van der Waals surface area contributed by atoms with E-state index >= 15 is 0 Å². The highest BCUT2D eigenvalue weighted by molar-refractivity contribution is 5.96. The molecule has 0 unspecified atom stereocenters. The quantitative estimate of drug-likeness (QED) is 0.530. The summed E-state index contributed by atoms with van der Waals surface area (Å²) in [6, 6.07) is 12.2. The highest BCUT2D eigenvalue weighted by Gasteiger charge is 2.20. The SMILES string of the molecule is Cc1c(C(=O)Oc2cccc(C#N)c2)oc2ccc(F)cc12. The van der Waals surface area contributed by atoms with E-state index < -0.39 is 11.8 Å². The van der Waals surface area contributed by atoms with Gasteiger partial charge in [0.1, 0.15) is 17.1 Å². The minimum Gasteiger partial charge on any atom is -0.449 e. The maximum absolute atomic E-state index is 13.3. The van der Waals surface area contributed by atoms with Crippen molar-refractivity contribution in [1.82, 2.24) is 0 Å². The molecule has 0 N–H and O–H groups in total. The first-order valence-corrected chi connectivity index (χ1v) is 6.49. The van der Waals surface area contributed by atoms with Crippen molar-refractivity contribution in [2.24, 2.45) is 0 Å². The predicted molar refractivity (Wildman–Crippen MR) is 77.0 cm³/mol. The lowest BCUT2D eigenvalue weighted by Crippen LogP contribution is -2.08. The van der Waals surface area contributed by atoms with Crippen molar-refractivity contribution in [1.29, 1.82) is 5.26 Å². The predicted octanol–water partition coefficient (Wildman–Crippen LogP) is 3.97. The summed E-state index contributed by atoms with van der Waals surface area (Å²) in [6.07, 6.45) is 0. The Bertz CT molecular complexity index is 921. The van der Waals surface area contributed by atoms with Gasteiger partial charge < -0.3 is 9.15 Å². The molecule has 3 rings (SSSR count). The summed E-state index contributed by atoms with van der Waals surface area (Å²) >= 11 is 0. The van der Waals surface area contributed by atoms with Crippen molar-refractivity contribution >= 4 is 16.9 Å². The molecule has 0 spiro atoms. The molecular formula is C17H10FNO3. The van der Waals surface area contributed by atoms with Crippen LogP contribution in [0.1, 0.15) is 21.7 Å². The Morgan fingerprint density at radius 2 is 2.09 bits per heavy atom. The number of halogens is 1. The Morgan fingerprint density at radius 1 is 1.27 bits per heavy atom. The molecule has 1 heterocycles. The minimum atomic E-state index is -0.691. The summed E-state index contributed by atoms with van der Waals surface area (Å²) in [5.74, 6) is -0.833. The second-order valence-corrected chi connectivity index (χ2v) is 4.73. The van der Waals surface area contributed by atoms with Gasteiger partial charge in [-0.3, -0.25) is 0 Å². The van der Waals surface area contributed by atoms with Gasteiger partial charge in [-0.05, 0) is 43.3 Å². The molecule has 1 aromatic heterocycles. The number of fused-ring (bicyclic) bond motifs is 1. The van der Waals surface area contributed by atoms with Gasteiger partial charge in [-0.25, -0.2) is 9.18 Å². The van der Waals surface area contributed by atoms with E-state index in [1.165, 1.54) is 24.3 Å². The Hall–Kier alpha value is -3.13. The molecule has 0 atom stereocenters. The Labute approximate surface area is 125 Å². The standard InChI is InChI=1S/C17H10FNO3/c1-10-14-8-12(18)5-6-15(14)22-16(10)17(20)21-13-4-2-3-11(7-13)9-19/h2-8H,1H3. The van der Waals surface area contributed by atoms with Crippen LogP contribution in [0.5, 0.6) is 5.75 Å². The maximum Gasteiger partial charge on any atom is 0.379 e. The molecule has 4 nitrogen and oxygen atoms in total. The molecule has 0 fully saturated rings. The lowest BCUT2D eigenvalue weighted by Gasteiger charge is -2.02. The number of esters is 1. The fraction of sp³-hybridized carbons (Fsp3) is 0.0588. The number of nitrogens with zero attached hydrogens (tertiary/aromatic N) is 1. The van der Waals surface area contributed by atoms with Gasteiger partial charge in [0.05, 0.1) is 11.6 Å². The minimum absolute atomic E-state index is 0.0166. The number of ether oxygens (including phenoxy) is 1. The van der Waals surface area contributed by atoms with E-state index in [4.69, 9.17) is 14.4 Å². The first-order chi connectivity index (χ1) is 10.6. The largest absolute Gasteiger partial charge is 0.449 e. The van der Waals surface area contributed by atoms with Crippen LogP contribution >= 0.6 is 0 Å². The molecule has 108 valence electrons. The Morgan fingerprint density at radius 3 is 2.86 bits per heavy atom. The third-order valence-corrected chi connectivity index (χ3v) is 3.26. The van der Waals surface area contributed by atoms with E-state index in [1.54, 1.807) is 25.1 Å². The molecule has 22 heavy (non-hydrogen) atoms. The average molecular weight is 295 g/mol. The third kappa shape index (κ3) is 2.42. The molecule has 0 amide bonds. The first-order valence-electron chi connectivity index (χ1n) is 6.49. The van der Waals surface area contributed by atoms with Crippen molar-refractivity contribution in [3.63, 3.8) is 0 Å². The van der Waals surface area contributed by atoms with Gasteiger partial charge in [-0.1, -0.05) is 6.07 Å². The molecule has 0 saturated carbocycles. The third-order valence-electron chi connectivity index (χ3n) is 3.26. The molecule has 0 aliphatic rings. The number of nitriles is 1. The molecule has 0 bridgehead atoms. The highest BCUT2D eigenvalue weighted by atomic mass is 19.1. The molecule has 3 aromatic rings. The van der Waals surface area contributed by atoms with Gasteiger partial charge in [0, 0.05) is 10.9 Å². The smallest absolute Gasteiger partial charge is 0.379 e. The molecule has 0 aliphatic heterocycles. The molecular weight excluding hydrogens is 285 g/mol. The van der Waals surface area contributed by atoms with Crippen LogP contribution in [0.4, 0.5) is 4.39 Å². The van der Waals surface area contributed by atoms with Crippen LogP contribution in [-0.4, -0.2) is 5.97 Å². The Balaban J connectivity index is 1.95. The number of aryl methyl sites for hydroxylation is 1. The van der Waals surface area contributed by atoms with Crippen LogP contribution in [0.25, 0.3) is 11.0 Å². The lowest BCUT2D eigenvalue weighted by molar-refractivity contribution is 0.0703. The van der Waals surface area contributed by atoms with Crippen LogP contribution in [0.3, 0.4) is 0 Å². The van der Waals surface area contributed by atoms with Gasteiger partial charge in [-0.2, -0.15) is 5.26 Å². The van der Waals surface area contributed by atoms with Crippen LogP contribution < -0.4 is 4.74 Å². The van der Waals surface area contributed by atoms with E-state index in [0.29, 0.717) is 22.1 Å². The zero-order chi connectivity index (χ0) is 15.7. The Kier molecular flexibility index (Phi) is 3.36. The van der Waals surface area contributed by atoms with Crippen LogP contribution in [0.2, 0.25) is 0 Å². The summed E-state index contributed by atoms with van der Waals surface area (Å²) in [7, 11) is 0. The van der Waals surface area contributed by atoms with Crippen molar-refractivity contribution in [2.45, 2.75) is 6.92 Å². The molecule has 0 radical (unpaired) electrons. The molecule has 0 aliphatic carbocycles. The zero-order valence-corrected chi connectivity index (χ0v) is 11.6. The molecule has 5 heteroatoms. The van der Waals surface area contributed by atoms with E-state index in [-0.39, 0.29) is 11.5 Å². The van der Waals surface area contributed by atoms with Gasteiger partial charge in [0.2, 0.25) is 5.76 Å². The highest BCUT2D eigenvalue weighted by Crippen LogP contribution is 2.27. The number of rotatable bonds is 2. The average Bonchev–Trinajstić information content (AvgIpc) is 2.84. The van der Waals surface area contributed by atoms with E-state index in [0.717, 1.165) is 0 Å². The summed E-state index contributed by atoms with van der Waals surface area (Å²) in [5, 5.41) is 9.36. The number of furan rings is 1. The number of hydrogen-bond acceptors (Lipinski definition) is 4. The van der Waals surface area contributed by atoms with E-state index in [2.05, 4.69) is 0 Å². The monoisotopic (exact) mass is 295 g/mol. The fourth-order valence-electron chi connectivity index (χ4n) is 2.17. The zero-order valence-electron chi connectivity index (χ0n) is 11.6. The second-order valence-electron chi connectivity index (χ2n) is 4.73. The van der Waals surface area contributed by atoms with Gasteiger partial charge in [-0.15, -0.1) is 0 Å². The number of hydrogen-bond donors (Lipinski definition) is 0. The van der Waals surface area contributed by atoms with E-state index in [1.807, 2.05) is 6.07 Å². The van der Waals surface area contributed by atoms with E-state index in [9.17, 15) is 9.18 Å². The van der Waals surface area contributed by atoms with Crippen LogP contribution in [-0.2, 0) is 0 Å². The summed E-state index contributed by atoms with van der Waals surface area (Å²) in [6.45, 7) is 1.66. The van der Waals surface area contributed by atoms with Gasteiger partial charge in [0.15, 0.2) is 0 Å². The summed E-state index contributed by atoms with van der Waals surface area (Å²) in [4.78, 5) is 12.2. The van der Waals surface area contributed by atoms with Crippen molar-refractivity contribution < 1.29 is 18.3 Å². The van der Waals surface area contributed by atoms with Gasteiger partial charge >= 0.3 is 5.97 Å². The van der Waals surface area contributed by atoms with Crippen LogP contribution in [0, 0.1) is 24.1 Å². The topological polar surface area (TPSA) is 63.2 Å². The fourth-order valence-corrected chi connectivity index (χ4v) is 2.17. The summed E-state index contributed by atoms with van der Waals surface area (Å²) in [5.41, 5.74) is 1.31. The normalized spacial score (nSPS) is 10.4. The maximum atomic E-state index is 13.3. The lowest BCUT2D eigenvalue weighted by atomic mass is 10.1. The second kappa shape index (κ2) is 5.34. The number of carbonyl (C=O) groups excluding carboxylic acids is 1. The number of carbonyl (C=O) groups is 1. The number of benzene rings is 2. The van der Waals surface area contributed by atoms with Crippen molar-refractivity contribution in [2.75, 3.05) is 0 Å². The van der Waals surface area contributed by atoms with Crippen LogP contribution in [0.15, 0.2) is 46.9 Å². The molecule has 0 saturated heterocycles. The van der Waals surface area contributed by atoms with Crippen molar-refractivity contribution in [3.05, 3.63) is 65.2 Å². The van der Waals surface area contributed by atoms with Gasteiger partial charge in [0.25, 0.3) is 0 Å². The van der Waals surface area contributed by atoms with Crippen molar-refractivity contribution in [3.8, 4) is 11.8 Å². The molecule has 2 aromatic carbocycles. The first kappa shape index (κ1) is 13.8.